The lowest BCUT2D eigenvalue weighted by Crippen LogP contribution is -2.50. The number of carbonyl (C=O) groups excluding carboxylic acids is 2. The van der Waals surface area contributed by atoms with Crippen LogP contribution in [-0.4, -0.2) is 42.6 Å². The van der Waals surface area contributed by atoms with E-state index in [1.807, 2.05) is 42.5 Å². The monoisotopic (exact) mass is 433 g/mol. The van der Waals surface area contributed by atoms with Crippen molar-refractivity contribution in [1.82, 2.24) is 10.3 Å². The van der Waals surface area contributed by atoms with Crippen molar-refractivity contribution in [2.45, 2.75) is 26.4 Å². The summed E-state index contributed by atoms with van der Waals surface area (Å²) in [6.07, 6.45) is 1.62. The summed E-state index contributed by atoms with van der Waals surface area (Å²) < 4.78 is 11.6. The number of fused-ring (bicyclic) bond motifs is 2. The number of nitrogens with one attached hydrogen (secondary N) is 1. The second-order valence-electron chi connectivity index (χ2n) is 8.21. The molecule has 32 heavy (non-hydrogen) atoms. The Hall–Kier alpha value is -3.61. The molecule has 1 aromatic heterocycles. The minimum atomic E-state index is -0.861. The molecule has 3 aromatic rings. The maximum absolute atomic E-state index is 13.5. The molecule has 1 N–H and O–H groups in total. The summed E-state index contributed by atoms with van der Waals surface area (Å²) >= 11 is 0. The molecule has 2 aromatic carbocycles. The highest BCUT2D eigenvalue weighted by molar-refractivity contribution is 6.02. The molecule has 1 aliphatic rings. The Balaban J connectivity index is 1.57. The fourth-order valence-corrected chi connectivity index (χ4v) is 3.52. The number of ether oxygens (including phenoxy) is 2. The van der Waals surface area contributed by atoms with Gasteiger partial charge in [0, 0.05) is 11.9 Å². The van der Waals surface area contributed by atoms with Crippen LogP contribution >= 0.6 is 0 Å². The van der Waals surface area contributed by atoms with E-state index in [1.54, 1.807) is 18.3 Å². The number of benzene rings is 2. The van der Waals surface area contributed by atoms with Crippen molar-refractivity contribution in [2.24, 2.45) is 5.92 Å². The van der Waals surface area contributed by atoms with Crippen molar-refractivity contribution in [1.29, 1.82) is 0 Å². The van der Waals surface area contributed by atoms with Gasteiger partial charge in [0.2, 0.25) is 12.0 Å². The van der Waals surface area contributed by atoms with Crippen LogP contribution in [0.3, 0.4) is 0 Å². The molecule has 166 valence electrons. The van der Waals surface area contributed by atoms with Crippen LogP contribution in [0.4, 0.5) is 5.69 Å². The molecule has 7 nitrogen and oxygen atoms in total. The van der Waals surface area contributed by atoms with Crippen LogP contribution in [-0.2, 0) is 9.59 Å². The first-order chi connectivity index (χ1) is 15.5. The van der Waals surface area contributed by atoms with Gasteiger partial charge in [0.25, 0.3) is 5.91 Å². The predicted molar refractivity (Wildman–Crippen MR) is 123 cm³/mol. The van der Waals surface area contributed by atoms with Crippen molar-refractivity contribution in [3.8, 4) is 11.5 Å². The number of hydrogen-bond donors (Lipinski definition) is 1. The van der Waals surface area contributed by atoms with Crippen LogP contribution in [0.25, 0.3) is 10.9 Å². The number of hydrogen-bond acceptors (Lipinski definition) is 5. The zero-order chi connectivity index (χ0) is 22.5. The van der Waals surface area contributed by atoms with E-state index >= 15 is 0 Å². The van der Waals surface area contributed by atoms with E-state index < -0.39 is 6.10 Å². The molecule has 0 saturated heterocycles. The molecule has 0 bridgehead atoms. The van der Waals surface area contributed by atoms with Gasteiger partial charge < -0.3 is 14.8 Å². The van der Waals surface area contributed by atoms with Gasteiger partial charge >= 0.3 is 0 Å². The van der Waals surface area contributed by atoms with Gasteiger partial charge in [-0.3, -0.25) is 19.5 Å². The number of amides is 2. The van der Waals surface area contributed by atoms with Gasteiger partial charge in [-0.05, 0) is 36.6 Å². The van der Waals surface area contributed by atoms with Crippen LogP contribution in [0.1, 0.15) is 20.3 Å². The molecule has 0 radical (unpaired) electrons. The molecule has 7 heteroatoms. The molecular weight excluding hydrogens is 406 g/mol. The second-order valence-corrected chi connectivity index (χ2v) is 8.21. The smallest absolute Gasteiger partial charge is 0.272 e. The lowest BCUT2D eigenvalue weighted by Gasteiger charge is -2.30. The fourth-order valence-electron chi connectivity index (χ4n) is 3.52. The molecule has 0 aliphatic carbocycles. The Kier molecular flexibility index (Phi) is 6.54. The normalized spacial score (nSPS) is 14.9. The van der Waals surface area contributed by atoms with Gasteiger partial charge in [-0.1, -0.05) is 44.2 Å². The van der Waals surface area contributed by atoms with E-state index in [0.717, 1.165) is 17.3 Å². The van der Waals surface area contributed by atoms with Crippen LogP contribution < -0.4 is 19.7 Å². The minimum absolute atomic E-state index is 0.0718. The highest BCUT2D eigenvalue weighted by Crippen LogP contribution is 2.32. The maximum Gasteiger partial charge on any atom is 0.272 e. The van der Waals surface area contributed by atoms with Gasteiger partial charge in [0.1, 0.15) is 13.2 Å². The summed E-state index contributed by atoms with van der Waals surface area (Å²) in [6, 6.07) is 16.7. The molecule has 1 atom stereocenters. The lowest BCUT2D eigenvalue weighted by atomic mass is 10.1. The molecule has 0 saturated carbocycles. The van der Waals surface area contributed by atoms with Crippen molar-refractivity contribution >= 4 is 28.4 Å². The van der Waals surface area contributed by atoms with E-state index in [9.17, 15) is 9.59 Å². The quantitative estimate of drug-likeness (QED) is 0.616. The first-order valence-electron chi connectivity index (χ1n) is 10.8. The third-order valence-electron chi connectivity index (χ3n) is 5.28. The third-order valence-corrected chi connectivity index (χ3v) is 5.28. The van der Waals surface area contributed by atoms with Crippen molar-refractivity contribution < 1.29 is 19.1 Å². The van der Waals surface area contributed by atoms with Crippen molar-refractivity contribution in [2.75, 3.05) is 24.6 Å². The van der Waals surface area contributed by atoms with E-state index in [2.05, 4.69) is 24.1 Å². The summed E-state index contributed by atoms with van der Waals surface area (Å²) in [5, 5.41) is 3.78. The summed E-state index contributed by atoms with van der Waals surface area (Å²) in [5.41, 5.74) is 1.35. The highest BCUT2D eigenvalue weighted by atomic mass is 16.6. The number of nitrogens with zero attached hydrogens (tertiary/aromatic N) is 2. The topological polar surface area (TPSA) is 80.8 Å². The van der Waals surface area contributed by atoms with Gasteiger partial charge in [0.05, 0.1) is 17.4 Å². The fraction of sp³-hybridized carbons (Fsp3) is 0.320. The van der Waals surface area contributed by atoms with E-state index in [-0.39, 0.29) is 25.0 Å². The number of aromatic nitrogens is 1. The van der Waals surface area contributed by atoms with Crippen molar-refractivity contribution in [3.63, 3.8) is 0 Å². The molecule has 0 fully saturated rings. The number of para-hydroxylation sites is 3. The molecule has 2 heterocycles. The van der Waals surface area contributed by atoms with Crippen LogP contribution in [0, 0.1) is 5.92 Å². The number of carbonyl (C=O) groups is 2. The van der Waals surface area contributed by atoms with Crippen LogP contribution in [0.5, 0.6) is 11.5 Å². The number of anilines is 1. The zero-order valence-electron chi connectivity index (χ0n) is 18.3. The largest absolute Gasteiger partial charge is 0.485 e. The molecule has 4 rings (SSSR count). The third kappa shape index (κ3) is 4.99. The standard InChI is InChI=1S/C25H27N3O4/c1-17(2)11-12-26-24(29)15-28(19-13-18-7-3-4-8-20(18)27-14-19)25(30)23-16-31-21-9-5-6-10-22(21)32-23/h3-10,13-14,17,23H,11-12,15-16H2,1-2H3,(H,26,29). The average molecular weight is 434 g/mol. The molecule has 2 amide bonds. The Labute approximate surface area is 187 Å². The lowest BCUT2D eigenvalue weighted by molar-refractivity contribution is -0.129. The molecule has 0 spiro atoms. The highest BCUT2D eigenvalue weighted by Gasteiger charge is 2.33. The second kappa shape index (κ2) is 9.68. The molecular formula is C25H27N3O4. The number of pyridine rings is 1. The zero-order valence-corrected chi connectivity index (χ0v) is 18.3. The van der Waals surface area contributed by atoms with Gasteiger partial charge in [-0.2, -0.15) is 0 Å². The summed E-state index contributed by atoms with van der Waals surface area (Å²) in [7, 11) is 0. The number of rotatable bonds is 7. The maximum atomic E-state index is 13.5. The van der Waals surface area contributed by atoms with Crippen LogP contribution in [0.15, 0.2) is 60.8 Å². The van der Waals surface area contributed by atoms with E-state index in [1.165, 1.54) is 4.90 Å². The molecule has 1 unspecified atom stereocenters. The van der Waals surface area contributed by atoms with E-state index in [4.69, 9.17) is 9.47 Å². The van der Waals surface area contributed by atoms with Crippen molar-refractivity contribution in [3.05, 3.63) is 60.8 Å². The Morgan fingerprint density at radius 1 is 1.12 bits per heavy atom. The average Bonchev–Trinajstić information content (AvgIpc) is 2.81. The SMILES string of the molecule is CC(C)CCNC(=O)CN(C(=O)C1COc2ccccc2O1)c1cnc2ccccc2c1. The Morgan fingerprint density at radius 3 is 2.69 bits per heavy atom. The first-order valence-corrected chi connectivity index (χ1v) is 10.8. The molecule has 1 aliphatic heterocycles. The van der Waals surface area contributed by atoms with Crippen LogP contribution in [0.2, 0.25) is 0 Å². The predicted octanol–water partition coefficient (Wildman–Crippen LogP) is 3.57. The minimum Gasteiger partial charge on any atom is -0.485 e. The summed E-state index contributed by atoms with van der Waals surface area (Å²) in [5.74, 6) is 1.00. The Bertz CT molecular complexity index is 1120. The van der Waals surface area contributed by atoms with Gasteiger partial charge in [-0.15, -0.1) is 0 Å². The van der Waals surface area contributed by atoms with Gasteiger partial charge in [0.15, 0.2) is 11.5 Å². The Morgan fingerprint density at radius 2 is 1.88 bits per heavy atom. The van der Waals surface area contributed by atoms with E-state index in [0.29, 0.717) is 29.6 Å². The summed E-state index contributed by atoms with van der Waals surface area (Å²) in [4.78, 5) is 32.0. The van der Waals surface area contributed by atoms with Gasteiger partial charge in [-0.25, -0.2) is 0 Å². The first kappa shape index (κ1) is 21.6. The summed E-state index contributed by atoms with van der Waals surface area (Å²) in [6.45, 7) is 4.70.